The highest BCUT2D eigenvalue weighted by Gasteiger charge is 2.22. The number of rotatable bonds is 8. The van der Waals surface area contributed by atoms with Gasteiger partial charge in [-0.3, -0.25) is 4.79 Å². The second kappa shape index (κ2) is 10.4. The lowest BCUT2D eigenvalue weighted by atomic mass is 9.91. The van der Waals surface area contributed by atoms with E-state index in [1.165, 1.54) is 11.1 Å². The average molecular weight is 456 g/mol. The van der Waals surface area contributed by atoms with Gasteiger partial charge in [-0.15, -0.1) is 0 Å². The summed E-state index contributed by atoms with van der Waals surface area (Å²) in [4.78, 5) is 13.6. The highest BCUT2D eigenvalue weighted by atomic mass is 35.5. The molecule has 4 aromatic carbocycles. The zero-order valence-electron chi connectivity index (χ0n) is 18.7. The predicted molar refractivity (Wildman–Crippen MR) is 136 cm³/mol. The summed E-state index contributed by atoms with van der Waals surface area (Å²) >= 11 is 6.08. The van der Waals surface area contributed by atoms with E-state index in [1.54, 1.807) is 19.2 Å². The van der Waals surface area contributed by atoms with Gasteiger partial charge in [0.15, 0.2) is 5.78 Å². The fourth-order valence-electron chi connectivity index (χ4n) is 3.85. The number of ether oxygens (including phenoxy) is 1. The van der Waals surface area contributed by atoms with Crippen LogP contribution in [0, 0.1) is 0 Å². The molecule has 0 fully saturated rings. The molecule has 1 N–H and O–H groups in total. The van der Waals surface area contributed by atoms with E-state index in [4.69, 9.17) is 16.3 Å². The van der Waals surface area contributed by atoms with Crippen LogP contribution >= 0.6 is 11.6 Å². The summed E-state index contributed by atoms with van der Waals surface area (Å²) in [6.45, 7) is 2.17. The Labute approximate surface area is 200 Å². The van der Waals surface area contributed by atoms with E-state index < -0.39 is 6.04 Å². The summed E-state index contributed by atoms with van der Waals surface area (Å²) in [6, 6.07) is 32.6. The highest BCUT2D eigenvalue weighted by Crippen LogP contribution is 2.28. The molecule has 4 aromatic rings. The minimum absolute atomic E-state index is 0.00736. The Morgan fingerprint density at radius 1 is 0.758 bits per heavy atom. The van der Waals surface area contributed by atoms with Crippen LogP contribution in [0.1, 0.15) is 45.9 Å². The number of Topliss-reactive ketones (excluding diaryl/α,β-unsaturated/α-hetero) is 1. The number of halogens is 1. The molecule has 4 rings (SSSR count). The second-order valence-electron chi connectivity index (χ2n) is 7.98. The van der Waals surface area contributed by atoms with Crippen molar-refractivity contribution < 1.29 is 9.53 Å². The smallest absolute Gasteiger partial charge is 0.189 e. The topological polar surface area (TPSA) is 38.3 Å². The van der Waals surface area contributed by atoms with Gasteiger partial charge in [-0.05, 0) is 53.1 Å². The van der Waals surface area contributed by atoms with Gasteiger partial charge < -0.3 is 10.1 Å². The van der Waals surface area contributed by atoms with E-state index in [0.717, 1.165) is 17.0 Å². The van der Waals surface area contributed by atoms with E-state index in [0.29, 0.717) is 10.6 Å². The molecule has 166 valence electrons. The van der Waals surface area contributed by atoms with E-state index >= 15 is 0 Å². The maximum atomic E-state index is 13.6. The summed E-state index contributed by atoms with van der Waals surface area (Å²) < 4.78 is 5.24. The minimum Gasteiger partial charge on any atom is -0.497 e. The van der Waals surface area contributed by atoms with Crippen LogP contribution in [0.15, 0.2) is 103 Å². The van der Waals surface area contributed by atoms with Gasteiger partial charge in [-0.25, -0.2) is 0 Å². The van der Waals surface area contributed by atoms with Crippen molar-refractivity contribution in [2.24, 2.45) is 0 Å². The standard InChI is InChI=1S/C29H26ClNO2/c1-20(21-6-4-3-5-7-21)22-8-10-24(11-9-22)29(32)28(23-12-14-25(30)15-13-23)31-26-16-18-27(33-2)19-17-26/h3-20,28,31H,1-2H3. The molecule has 0 saturated heterocycles. The molecule has 3 nitrogen and oxygen atoms in total. The first-order valence-electron chi connectivity index (χ1n) is 10.9. The van der Waals surface area contributed by atoms with Gasteiger partial charge in [0, 0.05) is 22.2 Å². The van der Waals surface area contributed by atoms with Gasteiger partial charge in [-0.1, -0.05) is 85.3 Å². The lowest BCUT2D eigenvalue weighted by Crippen LogP contribution is -2.21. The Hall–Kier alpha value is -3.56. The van der Waals surface area contributed by atoms with Crippen molar-refractivity contribution in [2.45, 2.75) is 18.9 Å². The van der Waals surface area contributed by atoms with E-state index in [1.807, 2.05) is 78.9 Å². The summed E-state index contributed by atoms with van der Waals surface area (Å²) in [5.74, 6) is 1.00. The lowest BCUT2D eigenvalue weighted by molar-refractivity contribution is 0.0969. The van der Waals surface area contributed by atoms with Crippen LogP contribution in [0.5, 0.6) is 5.75 Å². The monoisotopic (exact) mass is 455 g/mol. The van der Waals surface area contributed by atoms with Crippen LogP contribution in [0.4, 0.5) is 5.69 Å². The predicted octanol–water partition coefficient (Wildman–Crippen LogP) is 7.54. The summed E-state index contributed by atoms with van der Waals surface area (Å²) in [6.07, 6.45) is 0. The molecule has 0 aliphatic rings. The van der Waals surface area contributed by atoms with Gasteiger partial charge in [0.05, 0.1) is 7.11 Å². The number of carbonyl (C=O) groups excluding carboxylic acids is 1. The zero-order chi connectivity index (χ0) is 23.2. The first-order valence-corrected chi connectivity index (χ1v) is 11.3. The summed E-state index contributed by atoms with van der Waals surface area (Å²) in [5.41, 5.74) is 4.75. The minimum atomic E-state index is -0.548. The fourth-order valence-corrected chi connectivity index (χ4v) is 3.97. The van der Waals surface area contributed by atoms with Gasteiger partial charge in [0.25, 0.3) is 0 Å². The molecule has 0 aromatic heterocycles. The number of nitrogens with one attached hydrogen (secondary N) is 1. The van der Waals surface area contributed by atoms with E-state index in [2.05, 4.69) is 24.4 Å². The summed E-state index contributed by atoms with van der Waals surface area (Å²) in [7, 11) is 1.63. The van der Waals surface area contributed by atoms with Crippen LogP contribution in [0.2, 0.25) is 5.02 Å². The van der Waals surface area contributed by atoms with E-state index in [-0.39, 0.29) is 11.7 Å². The molecule has 2 unspecified atom stereocenters. The fraction of sp³-hybridized carbons (Fsp3) is 0.138. The first-order chi connectivity index (χ1) is 16.0. The number of carbonyl (C=O) groups is 1. The molecular weight excluding hydrogens is 430 g/mol. The second-order valence-corrected chi connectivity index (χ2v) is 8.41. The molecule has 0 saturated carbocycles. The Morgan fingerprint density at radius 3 is 1.94 bits per heavy atom. The number of hydrogen-bond acceptors (Lipinski definition) is 3. The molecule has 2 atom stereocenters. The Bertz CT molecular complexity index is 1190. The number of hydrogen-bond donors (Lipinski definition) is 1. The van der Waals surface area contributed by atoms with Gasteiger partial charge in [-0.2, -0.15) is 0 Å². The molecule has 0 aliphatic carbocycles. The molecule has 0 bridgehead atoms. The van der Waals surface area contributed by atoms with Gasteiger partial charge >= 0.3 is 0 Å². The van der Waals surface area contributed by atoms with Crippen molar-refractivity contribution in [1.82, 2.24) is 0 Å². The summed E-state index contributed by atoms with van der Waals surface area (Å²) in [5, 5.41) is 4.01. The maximum Gasteiger partial charge on any atom is 0.189 e. The number of ketones is 1. The quantitative estimate of drug-likeness (QED) is 0.279. The largest absolute Gasteiger partial charge is 0.497 e. The Balaban J connectivity index is 1.60. The normalized spacial score (nSPS) is 12.6. The molecule has 33 heavy (non-hydrogen) atoms. The molecule has 0 spiro atoms. The van der Waals surface area contributed by atoms with Crippen molar-refractivity contribution in [1.29, 1.82) is 0 Å². The van der Waals surface area contributed by atoms with Gasteiger partial charge in [0.2, 0.25) is 0 Å². The van der Waals surface area contributed by atoms with E-state index in [9.17, 15) is 4.79 Å². The third-order valence-corrected chi connectivity index (χ3v) is 6.11. The molecule has 0 amide bonds. The molecule has 0 aliphatic heterocycles. The molecule has 4 heteroatoms. The third-order valence-electron chi connectivity index (χ3n) is 5.86. The SMILES string of the molecule is COc1ccc(NC(C(=O)c2ccc(C(C)c3ccccc3)cc2)c2ccc(Cl)cc2)cc1. The van der Waals surface area contributed by atoms with Crippen molar-refractivity contribution in [3.8, 4) is 5.75 Å². The highest BCUT2D eigenvalue weighted by molar-refractivity contribution is 6.30. The zero-order valence-corrected chi connectivity index (χ0v) is 19.4. The number of anilines is 1. The van der Waals surface area contributed by atoms with Crippen molar-refractivity contribution in [2.75, 3.05) is 12.4 Å². The van der Waals surface area contributed by atoms with Crippen molar-refractivity contribution in [3.63, 3.8) is 0 Å². The Kier molecular flexibility index (Phi) is 7.11. The van der Waals surface area contributed by atoms with Crippen molar-refractivity contribution in [3.05, 3.63) is 130 Å². The van der Waals surface area contributed by atoms with Gasteiger partial charge in [0.1, 0.15) is 11.8 Å². The van der Waals surface area contributed by atoms with Crippen LogP contribution < -0.4 is 10.1 Å². The van der Waals surface area contributed by atoms with Crippen LogP contribution in [0.3, 0.4) is 0 Å². The molecular formula is C29H26ClNO2. The molecule has 0 heterocycles. The Morgan fingerprint density at radius 2 is 1.33 bits per heavy atom. The van der Waals surface area contributed by atoms with Crippen molar-refractivity contribution >= 4 is 23.1 Å². The van der Waals surface area contributed by atoms with Crippen LogP contribution in [-0.4, -0.2) is 12.9 Å². The van der Waals surface area contributed by atoms with Crippen LogP contribution in [-0.2, 0) is 0 Å². The number of benzene rings is 4. The maximum absolute atomic E-state index is 13.6. The first kappa shape index (κ1) is 22.6. The lowest BCUT2D eigenvalue weighted by Gasteiger charge is -2.20. The third kappa shape index (κ3) is 5.44. The average Bonchev–Trinajstić information content (AvgIpc) is 2.88. The molecule has 0 radical (unpaired) electrons. The van der Waals surface area contributed by atoms with Crippen LogP contribution in [0.25, 0.3) is 0 Å². The number of methoxy groups -OCH3 is 1.